The van der Waals surface area contributed by atoms with Gasteiger partial charge in [0.1, 0.15) is 11.6 Å². The van der Waals surface area contributed by atoms with Crippen molar-refractivity contribution in [2.45, 2.75) is 6.18 Å². The van der Waals surface area contributed by atoms with E-state index in [1.165, 1.54) is 0 Å². The fourth-order valence-corrected chi connectivity index (χ4v) is 1.51. The molecule has 2 rings (SSSR count). The smallest absolute Gasteiger partial charge is 0.376 e. The first kappa shape index (κ1) is 10.8. The fraction of sp³-hybridized carbons (Fsp3) is 0.125. The van der Waals surface area contributed by atoms with E-state index < -0.39 is 16.6 Å². The minimum atomic E-state index is -4.54. The lowest BCUT2D eigenvalue weighted by molar-refractivity contribution is -0.137. The average molecular weight is 248 g/mol. The Morgan fingerprint density at radius 2 is 2.12 bits per heavy atom. The molecule has 8 heteroatoms. The van der Waals surface area contributed by atoms with E-state index in [2.05, 4.69) is 13.8 Å². The molecule has 2 aromatic heterocycles. The van der Waals surface area contributed by atoms with Crippen LogP contribution >= 0.6 is 11.6 Å². The van der Waals surface area contributed by atoms with Crippen LogP contribution in [0.5, 0.6) is 0 Å². The predicted molar refractivity (Wildman–Crippen MR) is 48.9 cm³/mol. The van der Waals surface area contributed by atoms with Gasteiger partial charge in [-0.25, -0.2) is 0 Å². The van der Waals surface area contributed by atoms with Crippen molar-refractivity contribution in [3.8, 4) is 11.5 Å². The summed E-state index contributed by atoms with van der Waals surface area (Å²) in [7, 11) is 0. The summed E-state index contributed by atoms with van der Waals surface area (Å²) in [6.45, 7) is 0. The predicted octanol–water partition coefficient (Wildman–Crippen LogP) is 2.18. The fourth-order valence-electron chi connectivity index (χ4n) is 1.11. The second kappa shape index (κ2) is 3.71. The number of aromatic nitrogens is 2. The molecule has 0 aliphatic carbocycles. The highest BCUT2D eigenvalue weighted by atomic mass is 32.1. The second-order valence-electron chi connectivity index (χ2n) is 2.77. The number of hydrogen-bond acceptors (Lipinski definition) is 5. The Kier molecular flexibility index (Phi) is 2.50. The largest absolute Gasteiger partial charge is 0.417 e. The molecule has 0 fully saturated rings. The van der Waals surface area contributed by atoms with Gasteiger partial charge in [-0.05, 0) is 6.07 Å². The molecule has 0 saturated carbocycles. The highest BCUT2D eigenvalue weighted by Crippen LogP contribution is 2.35. The van der Waals surface area contributed by atoms with Crippen molar-refractivity contribution in [3.63, 3.8) is 0 Å². The van der Waals surface area contributed by atoms with Crippen molar-refractivity contribution in [1.29, 1.82) is 0 Å². The van der Waals surface area contributed by atoms with Crippen LogP contribution in [0.15, 0.2) is 27.1 Å². The number of alkyl halides is 3. The third-order valence-corrected chi connectivity index (χ3v) is 2.22. The van der Waals surface area contributed by atoms with Crippen LogP contribution in [0.2, 0.25) is 0 Å². The summed E-state index contributed by atoms with van der Waals surface area (Å²) in [5.41, 5.74) is -1.27. The van der Waals surface area contributed by atoms with E-state index >= 15 is 0 Å². The van der Waals surface area contributed by atoms with Gasteiger partial charge in [-0.15, -0.1) is 0 Å². The second-order valence-corrected chi connectivity index (χ2v) is 3.45. The number of halogens is 3. The van der Waals surface area contributed by atoms with Gasteiger partial charge >= 0.3 is 11.0 Å². The summed E-state index contributed by atoms with van der Waals surface area (Å²) in [4.78, 5) is 16.9. The van der Waals surface area contributed by atoms with Crippen LogP contribution in [0.1, 0.15) is 5.56 Å². The Hall–Kier alpha value is -1.70. The topological polar surface area (TPSA) is 56.0 Å². The Labute approximate surface area is 90.6 Å². The molecule has 0 radical (unpaired) electrons. The van der Waals surface area contributed by atoms with Crippen molar-refractivity contribution in [2.24, 2.45) is 0 Å². The highest BCUT2D eigenvalue weighted by Gasteiger charge is 2.35. The number of nitrogens with zero attached hydrogens (tertiary/aromatic N) is 2. The van der Waals surface area contributed by atoms with Crippen LogP contribution < -0.4 is 4.87 Å². The van der Waals surface area contributed by atoms with E-state index in [4.69, 9.17) is 0 Å². The molecule has 0 N–H and O–H groups in total. The van der Waals surface area contributed by atoms with E-state index in [0.717, 1.165) is 18.5 Å². The van der Waals surface area contributed by atoms with Crippen LogP contribution in [-0.2, 0) is 6.18 Å². The highest BCUT2D eigenvalue weighted by molar-refractivity contribution is 7.00. The van der Waals surface area contributed by atoms with Crippen LogP contribution in [0.25, 0.3) is 11.5 Å². The molecule has 0 spiro atoms. The van der Waals surface area contributed by atoms with Crippen molar-refractivity contribution in [2.75, 3.05) is 0 Å². The van der Waals surface area contributed by atoms with Gasteiger partial charge in [0.2, 0.25) is 5.89 Å². The minimum absolute atomic E-state index is 0.339. The summed E-state index contributed by atoms with van der Waals surface area (Å²) in [6.07, 6.45) is -2.57. The van der Waals surface area contributed by atoms with Crippen LogP contribution in [-0.4, -0.2) is 9.97 Å². The molecule has 2 heterocycles. The van der Waals surface area contributed by atoms with Crippen molar-refractivity contribution in [3.05, 3.63) is 33.7 Å². The zero-order chi connectivity index (χ0) is 11.8. The maximum absolute atomic E-state index is 12.6. The van der Waals surface area contributed by atoms with Crippen LogP contribution in [0, 0.1) is 0 Å². The molecule has 0 bridgehead atoms. The molecule has 0 aliphatic heterocycles. The summed E-state index contributed by atoms with van der Waals surface area (Å²) >= 11 is 0.382. The molecule has 0 amide bonds. The molecule has 16 heavy (non-hydrogen) atoms. The first-order chi connectivity index (χ1) is 7.48. The number of rotatable bonds is 1. The van der Waals surface area contributed by atoms with Crippen molar-refractivity contribution >= 4 is 11.6 Å². The van der Waals surface area contributed by atoms with E-state index in [1.54, 1.807) is 0 Å². The standard InChI is InChI=1S/C8H3F3N2O2S/c9-8(10,11)5-1-2-12-3-4(5)6-13-7(14)16-15-6/h1-3H. The van der Waals surface area contributed by atoms with Gasteiger partial charge in [0.15, 0.2) is 0 Å². The van der Waals surface area contributed by atoms with Gasteiger partial charge in [-0.2, -0.15) is 18.2 Å². The van der Waals surface area contributed by atoms with Crippen LogP contribution in [0.3, 0.4) is 0 Å². The molecule has 0 unspecified atom stereocenters. The quantitative estimate of drug-likeness (QED) is 0.776. The number of hydrogen-bond donors (Lipinski definition) is 0. The monoisotopic (exact) mass is 248 g/mol. The van der Waals surface area contributed by atoms with E-state index in [-0.39, 0.29) is 11.5 Å². The van der Waals surface area contributed by atoms with E-state index in [1.807, 2.05) is 0 Å². The minimum Gasteiger partial charge on any atom is -0.376 e. The summed E-state index contributed by atoms with van der Waals surface area (Å²) in [5, 5.41) is 0. The summed E-state index contributed by atoms with van der Waals surface area (Å²) < 4.78 is 42.4. The molecule has 4 nitrogen and oxygen atoms in total. The third kappa shape index (κ3) is 1.96. The lowest BCUT2D eigenvalue weighted by Crippen LogP contribution is -2.08. The Morgan fingerprint density at radius 3 is 2.69 bits per heavy atom. The van der Waals surface area contributed by atoms with E-state index in [0.29, 0.717) is 11.6 Å². The molecular weight excluding hydrogens is 245 g/mol. The maximum atomic E-state index is 12.6. The SMILES string of the molecule is O=c1nc(-c2cnccc2C(F)(F)F)os1. The number of pyridine rings is 1. The lowest BCUT2D eigenvalue weighted by atomic mass is 10.1. The molecule has 0 atom stereocenters. The zero-order valence-corrected chi connectivity index (χ0v) is 8.30. The Morgan fingerprint density at radius 1 is 1.38 bits per heavy atom. The first-order valence-corrected chi connectivity index (χ1v) is 4.71. The Balaban J connectivity index is 2.61. The molecule has 0 aromatic carbocycles. The van der Waals surface area contributed by atoms with Gasteiger partial charge in [0.25, 0.3) is 0 Å². The van der Waals surface area contributed by atoms with E-state index in [9.17, 15) is 18.0 Å². The van der Waals surface area contributed by atoms with Crippen molar-refractivity contribution < 1.29 is 17.0 Å². The molecular formula is C8H3F3N2O2S. The van der Waals surface area contributed by atoms with Gasteiger partial charge in [-0.3, -0.25) is 9.78 Å². The maximum Gasteiger partial charge on any atom is 0.417 e. The van der Waals surface area contributed by atoms with Gasteiger partial charge in [0.05, 0.1) is 11.1 Å². The van der Waals surface area contributed by atoms with Crippen LogP contribution in [0.4, 0.5) is 13.2 Å². The molecule has 84 valence electrons. The Bertz CT molecular complexity index is 561. The van der Waals surface area contributed by atoms with Crippen molar-refractivity contribution in [1.82, 2.24) is 9.97 Å². The van der Waals surface area contributed by atoms with Gasteiger partial charge in [0, 0.05) is 12.4 Å². The average Bonchev–Trinajstić information content (AvgIpc) is 2.64. The van der Waals surface area contributed by atoms with Gasteiger partial charge < -0.3 is 3.85 Å². The molecule has 0 aliphatic rings. The van der Waals surface area contributed by atoms with Gasteiger partial charge in [-0.1, -0.05) is 0 Å². The third-order valence-electron chi connectivity index (χ3n) is 1.74. The normalized spacial score (nSPS) is 11.7. The first-order valence-electron chi connectivity index (χ1n) is 3.97. The summed E-state index contributed by atoms with van der Waals surface area (Å²) in [5.74, 6) is -0.365. The molecule has 2 aromatic rings. The summed E-state index contributed by atoms with van der Waals surface area (Å²) in [6, 6.07) is 0.800. The zero-order valence-electron chi connectivity index (χ0n) is 7.49. The lowest BCUT2D eigenvalue weighted by Gasteiger charge is -2.08. The molecule has 0 saturated heterocycles.